The molecule has 0 atom stereocenters. The molecule has 0 saturated carbocycles. The molecule has 2 aromatic carbocycles. The van der Waals surface area contributed by atoms with E-state index in [0.717, 1.165) is 66.7 Å². The Bertz CT molecular complexity index is 1190. The Labute approximate surface area is 181 Å². The maximum atomic E-state index is 13.4. The van der Waals surface area contributed by atoms with Gasteiger partial charge in [-0.15, -0.1) is 0 Å². The highest BCUT2D eigenvalue weighted by Gasteiger charge is 2.22. The van der Waals surface area contributed by atoms with Gasteiger partial charge in [-0.3, -0.25) is 4.90 Å². The predicted octanol–water partition coefficient (Wildman–Crippen LogP) is 4.47. The average Bonchev–Trinajstić information content (AvgIpc) is 3.11. The largest absolute Gasteiger partial charge is 0.354 e. The predicted molar refractivity (Wildman–Crippen MR) is 122 cm³/mol. The van der Waals surface area contributed by atoms with E-state index in [9.17, 15) is 4.39 Å². The molecule has 5 nitrogen and oxygen atoms in total. The second-order valence-electron chi connectivity index (χ2n) is 8.21. The molecule has 6 heteroatoms. The molecule has 0 spiro atoms. The SMILES string of the molecule is Cc1cc(N2CCN(Cc3ccccc3)CC2)n2nc(C)c(-c3ccc(F)cc3)c2n1. The number of benzene rings is 2. The highest BCUT2D eigenvalue weighted by Crippen LogP contribution is 2.30. The van der Waals surface area contributed by atoms with Gasteiger partial charge in [-0.1, -0.05) is 42.5 Å². The van der Waals surface area contributed by atoms with Crippen LogP contribution in [0.2, 0.25) is 0 Å². The lowest BCUT2D eigenvalue weighted by Crippen LogP contribution is -2.46. The number of rotatable bonds is 4. The van der Waals surface area contributed by atoms with Crippen molar-refractivity contribution in [3.8, 4) is 11.1 Å². The summed E-state index contributed by atoms with van der Waals surface area (Å²) in [5, 5.41) is 4.82. The summed E-state index contributed by atoms with van der Waals surface area (Å²) in [5.74, 6) is 0.828. The third-order valence-electron chi connectivity index (χ3n) is 5.95. The highest BCUT2D eigenvalue weighted by atomic mass is 19.1. The van der Waals surface area contributed by atoms with E-state index in [-0.39, 0.29) is 5.82 Å². The zero-order chi connectivity index (χ0) is 21.4. The molecule has 2 aromatic heterocycles. The summed E-state index contributed by atoms with van der Waals surface area (Å²) >= 11 is 0. The number of halogens is 1. The summed E-state index contributed by atoms with van der Waals surface area (Å²) < 4.78 is 15.4. The summed E-state index contributed by atoms with van der Waals surface area (Å²) in [5.41, 5.74) is 5.93. The van der Waals surface area contributed by atoms with Crippen molar-refractivity contribution in [2.75, 3.05) is 31.1 Å². The van der Waals surface area contributed by atoms with E-state index < -0.39 is 0 Å². The van der Waals surface area contributed by atoms with Crippen LogP contribution in [0.5, 0.6) is 0 Å². The third-order valence-corrected chi connectivity index (χ3v) is 5.95. The Hall–Kier alpha value is -3.25. The van der Waals surface area contributed by atoms with E-state index in [1.54, 1.807) is 12.1 Å². The molecule has 0 aliphatic carbocycles. The molecule has 0 unspecified atom stereocenters. The summed E-state index contributed by atoms with van der Waals surface area (Å²) in [7, 11) is 0. The smallest absolute Gasteiger partial charge is 0.165 e. The zero-order valence-corrected chi connectivity index (χ0v) is 17.9. The molecule has 0 N–H and O–H groups in total. The number of anilines is 1. The number of piperazine rings is 1. The van der Waals surface area contributed by atoms with Crippen molar-refractivity contribution in [2.24, 2.45) is 0 Å². The van der Waals surface area contributed by atoms with Gasteiger partial charge in [0.15, 0.2) is 5.65 Å². The fourth-order valence-electron chi connectivity index (χ4n) is 4.38. The van der Waals surface area contributed by atoms with Crippen molar-refractivity contribution < 1.29 is 4.39 Å². The molecule has 4 aromatic rings. The van der Waals surface area contributed by atoms with E-state index in [2.05, 4.69) is 46.2 Å². The number of aryl methyl sites for hydroxylation is 2. The maximum Gasteiger partial charge on any atom is 0.165 e. The molecule has 0 amide bonds. The van der Waals surface area contributed by atoms with Crippen LogP contribution >= 0.6 is 0 Å². The van der Waals surface area contributed by atoms with Gasteiger partial charge in [0.2, 0.25) is 0 Å². The van der Waals surface area contributed by atoms with Crippen molar-refractivity contribution in [1.29, 1.82) is 0 Å². The Morgan fingerprint density at radius 2 is 1.61 bits per heavy atom. The second-order valence-corrected chi connectivity index (χ2v) is 8.21. The van der Waals surface area contributed by atoms with E-state index in [1.165, 1.54) is 17.7 Å². The van der Waals surface area contributed by atoms with Crippen LogP contribution in [0.25, 0.3) is 16.8 Å². The minimum atomic E-state index is -0.240. The number of hydrogen-bond donors (Lipinski definition) is 0. The van der Waals surface area contributed by atoms with Gasteiger partial charge in [0.05, 0.1) is 5.69 Å². The molecule has 1 fully saturated rings. The molecular formula is C25H26FN5. The quantitative estimate of drug-likeness (QED) is 0.493. The van der Waals surface area contributed by atoms with Crippen molar-refractivity contribution in [3.63, 3.8) is 0 Å². The number of hydrogen-bond acceptors (Lipinski definition) is 4. The van der Waals surface area contributed by atoms with Crippen LogP contribution in [-0.2, 0) is 6.54 Å². The van der Waals surface area contributed by atoms with E-state index in [0.29, 0.717) is 0 Å². The first-order chi connectivity index (χ1) is 15.1. The Morgan fingerprint density at radius 1 is 0.903 bits per heavy atom. The molecular weight excluding hydrogens is 389 g/mol. The molecule has 158 valence electrons. The zero-order valence-electron chi connectivity index (χ0n) is 17.9. The molecule has 1 saturated heterocycles. The summed E-state index contributed by atoms with van der Waals surface area (Å²) in [6.45, 7) is 8.88. The highest BCUT2D eigenvalue weighted by molar-refractivity contribution is 5.81. The van der Waals surface area contributed by atoms with Gasteiger partial charge in [0.1, 0.15) is 11.6 Å². The maximum absolute atomic E-state index is 13.4. The van der Waals surface area contributed by atoms with E-state index >= 15 is 0 Å². The molecule has 0 radical (unpaired) electrons. The number of fused-ring (bicyclic) bond motifs is 1. The van der Waals surface area contributed by atoms with Crippen LogP contribution in [0, 0.1) is 19.7 Å². The van der Waals surface area contributed by atoms with Crippen LogP contribution in [0.3, 0.4) is 0 Å². The van der Waals surface area contributed by atoms with Gasteiger partial charge in [-0.25, -0.2) is 9.37 Å². The Morgan fingerprint density at radius 3 is 2.32 bits per heavy atom. The van der Waals surface area contributed by atoms with Gasteiger partial charge in [0, 0.05) is 50.0 Å². The van der Waals surface area contributed by atoms with E-state index in [4.69, 9.17) is 10.1 Å². The molecule has 31 heavy (non-hydrogen) atoms. The van der Waals surface area contributed by atoms with E-state index in [1.807, 2.05) is 18.4 Å². The van der Waals surface area contributed by atoms with Crippen LogP contribution in [-0.4, -0.2) is 45.7 Å². The normalized spacial score (nSPS) is 15.0. The van der Waals surface area contributed by atoms with Crippen molar-refractivity contribution in [3.05, 3.63) is 83.4 Å². The summed E-state index contributed by atoms with van der Waals surface area (Å²) in [6, 6.07) is 19.3. The van der Waals surface area contributed by atoms with Crippen molar-refractivity contribution in [1.82, 2.24) is 19.5 Å². The van der Waals surface area contributed by atoms with Gasteiger partial charge >= 0.3 is 0 Å². The van der Waals surface area contributed by atoms with Gasteiger partial charge in [-0.05, 0) is 37.1 Å². The van der Waals surface area contributed by atoms with Gasteiger partial charge < -0.3 is 4.90 Å². The van der Waals surface area contributed by atoms with Crippen molar-refractivity contribution >= 4 is 11.5 Å². The Balaban J connectivity index is 1.43. The lowest BCUT2D eigenvalue weighted by molar-refractivity contribution is 0.249. The first-order valence-corrected chi connectivity index (χ1v) is 10.7. The molecule has 1 aliphatic rings. The van der Waals surface area contributed by atoms with Crippen LogP contribution < -0.4 is 4.90 Å². The first kappa shape index (κ1) is 19.7. The van der Waals surface area contributed by atoms with Crippen LogP contribution in [0.15, 0.2) is 60.7 Å². The summed E-state index contributed by atoms with van der Waals surface area (Å²) in [4.78, 5) is 9.68. The fraction of sp³-hybridized carbons (Fsp3) is 0.280. The van der Waals surface area contributed by atoms with Gasteiger partial charge in [0.25, 0.3) is 0 Å². The van der Waals surface area contributed by atoms with Gasteiger partial charge in [-0.2, -0.15) is 9.61 Å². The van der Waals surface area contributed by atoms with Crippen LogP contribution in [0.4, 0.5) is 10.2 Å². The van der Waals surface area contributed by atoms with Crippen LogP contribution in [0.1, 0.15) is 17.0 Å². The lowest BCUT2D eigenvalue weighted by Gasteiger charge is -2.36. The minimum Gasteiger partial charge on any atom is -0.354 e. The Kier molecular flexibility index (Phi) is 5.16. The fourth-order valence-corrected chi connectivity index (χ4v) is 4.38. The van der Waals surface area contributed by atoms with Crippen molar-refractivity contribution in [2.45, 2.75) is 20.4 Å². The molecule has 0 bridgehead atoms. The average molecular weight is 416 g/mol. The second kappa shape index (κ2) is 8.12. The molecule has 1 aliphatic heterocycles. The lowest BCUT2D eigenvalue weighted by atomic mass is 10.1. The standard InChI is InChI=1S/C25H26FN5/c1-18-16-23(30-14-12-29(13-15-30)17-20-6-4-3-5-7-20)31-25(27-18)24(19(2)28-31)21-8-10-22(26)11-9-21/h3-11,16H,12-15,17H2,1-2H3. The first-order valence-electron chi connectivity index (χ1n) is 10.7. The number of nitrogens with zero attached hydrogens (tertiary/aromatic N) is 5. The monoisotopic (exact) mass is 415 g/mol. The third kappa shape index (κ3) is 3.91. The molecule has 5 rings (SSSR count). The summed E-state index contributed by atoms with van der Waals surface area (Å²) in [6.07, 6.45) is 0. The molecule has 3 heterocycles. The minimum absolute atomic E-state index is 0.240. The topological polar surface area (TPSA) is 36.7 Å². The number of aromatic nitrogens is 3.